The molecule has 120 valence electrons. The molecule has 0 saturated heterocycles. The van der Waals surface area contributed by atoms with Gasteiger partial charge in [0.1, 0.15) is 5.69 Å². The van der Waals surface area contributed by atoms with Crippen molar-refractivity contribution in [2.45, 2.75) is 12.6 Å². The van der Waals surface area contributed by atoms with Crippen LogP contribution in [0.15, 0.2) is 36.5 Å². The van der Waals surface area contributed by atoms with Gasteiger partial charge in [0.15, 0.2) is 0 Å². The van der Waals surface area contributed by atoms with Crippen LogP contribution in [-0.4, -0.2) is 9.55 Å². The second-order valence-electron chi connectivity index (χ2n) is 5.20. The van der Waals surface area contributed by atoms with Crippen LogP contribution in [-0.2, 0) is 19.6 Å². The minimum absolute atomic E-state index is 0.422. The lowest BCUT2D eigenvalue weighted by atomic mass is 10.1. The molecule has 0 amide bonds. The fourth-order valence-corrected chi connectivity index (χ4v) is 3.03. The summed E-state index contributed by atoms with van der Waals surface area (Å²) >= 11 is 12.3. The number of fused-ring (bicyclic) bond motifs is 1. The standard InChI is InChI=1S/C16H11Cl2F3N2/c1-23-10(6-11-12(17)3-2-4-13(11)18)5-9-8-22-15(7-14(9)23)16(19,20)21/h2-5,7-8H,6H2,1H3. The summed E-state index contributed by atoms with van der Waals surface area (Å²) < 4.78 is 40.1. The van der Waals surface area contributed by atoms with Crippen molar-refractivity contribution in [3.63, 3.8) is 0 Å². The number of hydrogen-bond acceptors (Lipinski definition) is 1. The molecule has 3 rings (SSSR count). The first-order valence-corrected chi connectivity index (χ1v) is 7.47. The van der Waals surface area contributed by atoms with Gasteiger partial charge >= 0.3 is 6.18 Å². The highest BCUT2D eigenvalue weighted by Gasteiger charge is 2.32. The van der Waals surface area contributed by atoms with Crippen LogP contribution in [0.5, 0.6) is 0 Å². The molecule has 2 nitrogen and oxygen atoms in total. The van der Waals surface area contributed by atoms with Gasteiger partial charge in [-0.3, -0.25) is 4.98 Å². The van der Waals surface area contributed by atoms with Crippen molar-refractivity contribution in [3.05, 3.63) is 63.5 Å². The van der Waals surface area contributed by atoms with Gasteiger partial charge in [0.05, 0.1) is 5.52 Å². The predicted molar refractivity (Wildman–Crippen MR) is 85.0 cm³/mol. The Labute approximate surface area is 140 Å². The lowest BCUT2D eigenvalue weighted by Gasteiger charge is -2.09. The molecule has 0 aliphatic rings. The van der Waals surface area contributed by atoms with Crippen LogP contribution in [0.25, 0.3) is 10.9 Å². The maximum Gasteiger partial charge on any atom is 0.433 e. The molecule has 2 heterocycles. The molecule has 0 spiro atoms. The summed E-state index contributed by atoms with van der Waals surface area (Å²) in [6.07, 6.45) is -2.81. The van der Waals surface area contributed by atoms with Crippen molar-refractivity contribution in [2.75, 3.05) is 0 Å². The number of nitrogens with zero attached hydrogens (tertiary/aromatic N) is 2. The van der Waals surface area contributed by atoms with Crippen molar-refractivity contribution in [2.24, 2.45) is 7.05 Å². The normalized spacial score (nSPS) is 12.1. The lowest BCUT2D eigenvalue weighted by molar-refractivity contribution is -0.141. The highest BCUT2D eigenvalue weighted by Crippen LogP contribution is 2.32. The van der Waals surface area contributed by atoms with Gasteiger partial charge in [-0.1, -0.05) is 29.3 Å². The van der Waals surface area contributed by atoms with E-state index in [0.717, 1.165) is 17.3 Å². The van der Waals surface area contributed by atoms with Crippen LogP contribution >= 0.6 is 23.2 Å². The SMILES string of the molecule is Cn1c(Cc2c(Cl)cccc2Cl)cc2cnc(C(F)(F)F)cc21. The number of hydrogen-bond donors (Lipinski definition) is 0. The Balaban J connectivity index is 2.08. The van der Waals surface area contributed by atoms with E-state index in [2.05, 4.69) is 4.98 Å². The van der Waals surface area contributed by atoms with E-state index in [1.165, 1.54) is 6.20 Å². The van der Waals surface area contributed by atoms with Crippen molar-refractivity contribution in [3.8, 4) is 0 Å². The Morgan fingerprint density at radius 2 is 1.78 bits per heavy atom. The van der Waals surface area contributed by atoms with E-state index in [0.29, 0.717) is 27.4 Å². The third-order valence-electron chi connectivity index (χ3n) is 3.74. The van der Waals surface area contributed by atoms with Crippen molar-refractivity contribution >= 4 is 34.1 Å². The Morgan fingerprint density at radius 3 is 2.39 bits per heavy atom. The summed E-state index contributed by atoms with van der Waals surface area (Å²) in [4.78, 5) is 3.48. The van der Waals surface area contributed by atoms with E-state index < -0.39 is 11.9 Å². The number of rotatable bonds is 2. The van der Waals surface area contributed by atoms with E-state index in [9.17, 15) is 13.2 Å². The van der Waals surface area contributed by atoms with Crippen LogP contribution in [0.1, 0.15) is 17.0 Å². The number of alkyl halides is 3. The molecule has 0 saturated carbocycles. The van der Waals surface area contributed by atoms with Crippen LogP contribution < -0.4 is 0 Å². The summed E-state index contributed by atoms with van der Waals surface area (Å²) in [5.41, 5.74) is 1.10. The minimum atomic E-state index is -4.47. The number of halogens is 5. The van der Waals surface area contributed by atoms with E-state index >= 15 is 0 Å². The van der Waals surface area contributed by atoms with Gasteiger partial charge in [0, 0.05) is 40.8 Å². The van der Waals surface area contributed by atoms with E-state index in [1.54, 1.807) is 35.9 Å². The first-order valence-electron chi connectivity index (χ1n) is 6.72. The van der Waals surface area contributed by atoms with Gasteiger partial charge in [-0.05, 0) is 29.8 Å². The molecule has 0 atom stereocenters. The van der Waals surface area contributed by atoms with E-state index in [4.69, 9.17) is 23.2 Å². The fraction of sp³-hybridized carbons (Fsp3) is 0.188. The zero-order chi connectivity index (χ0) is 16.8. The van der Waals surface area contributed by atoms with Gasteiger partial charge in [-0.2, -0.15) is 13.2 Å². The molecule has 0 radical (unpaired) electrons. The molecular weight excluding hydrogens is 348 g/mol. The highest BCUT2D eigenvalue weighted by molar-refractivity contribution is 6.36. The van der Waals surface area contributed by atoms with Gasteiger partial charge in [-0.15, -0.1) is 0 Å². The van der Waals surface area contributed by atoms with Gasteiger partial charge in [0.25, 0.3) is 0 Å². The van der Waals surface area contributed by atoms with Crippen LogP contribution in [0.4, 0.5) is 13.2 Å². The summed E-state index contributed by atoms with van der Waals surface area (Å²) in [6.45, 7) is 0. The quantitative estimate of drug-likeness (QED) is 0.592. The highest BCUT2D eigenvalue weighted by atomic mass is 35.5. The topological polar surface area (TPSA) is 17.8 Å². The van der Waals surface area contributed by atoms with Crippen molar-refractivity contribution in [1.82, 2.24) is 9.55 Å². The third kappa shape index (κ3) is 3.03. The summed E-state index contributed by atoms with van der Waals surface area (Å²) in [5.74, 6) is 0. The molecule has 7 heteroatoms. The van der Waals surface area contributed by atoms with Crippen molar-refractivity contribution in [1.29, 1.82) is 0 Å². The average molecular weight is 359 g/mol. The van der Waals surface area contributed by atoms with Gasteiger partial charge in [0.2, 0.25) is 0 Å². The number of benzene rings is 1. The monoisotopic (exact) mass is 358 g/mol. The Kier molecular flexibility index (Phi) is 4.02. The summed E-state index contributed by atoms with van der Waals surface area (Å²) in [7, 11) is 1.71. The molecule has 3 aromatic rings. The van der Waals surface area contributed by atoms with E-state index in [1.807, 2.05) is 0 Å². The Morgan fingerprint density at radius 1 is 1.13 bits per heavy atom. The molecule has 0 bridgehead atoms. The number of aromatic nitrogens is 2. The van der Waals surface area contributed by atoms with Gasteiger partial charge < -0.3 is 4.57 Å². The second kappa shape index (κ2) is 5.73. The molecule has 1 aromatic carbocycles. The first-order chi connectivity index (χ1) is 10.8. The number of aryl methyl sites for hydroxylation is 1. The fourth-order valence-electron chi connectivity index (χ4n) is 2.50. The smallest absolute Gasteiger partial charge is 0.347 e. The predicted octanol–water partition coefficient (Wildman–Crippen LogP) is 5.49. The average Bonchev–Trinajstić information content (AvgIpc) is 2.78. The van der Waals surface area contributed by atoms with E-state index in [-0.39, 0.29) is 0 Å². The molecular formula is C16H11Cl2F3N2. The van der Waals surface area contributed by atoms with Crippen LogP contribution in [0, 0.1) is 0 Å². The Bertz CT molecular complexity index is 865. The zero-order valence-electron chi connectivity index (χ0n) is 12.0. The molecule has 0 unspecified atom stereocenters. The Hall–Kier alpha value is -1.72. The lowest BCUT2D eigenvalue weighted by Crippen LogP contribution is -2.07. The second-order valence-corrected chi connectivity index (χ2v) is 6.01. The molecule has 23 heavy (non-hydrogen) atoms. The largest absolute Gasteiger partial charge is 0.433 e. The maximum absolute atomic E-state index is 12.8. The zero-order valence-corrected chi connectivity index (χ0v) is 13.5. The number of pyridine rings is 1. The molecule has 2 aromatic heterocycles. The minimum Gasteiger partial charge on any atom is -0.347 e. The van der Waals surface area contributed by atoms with Crippen molar-refractivity contribution < 1.29 is 13.2 Å². The summed E-state index contributed by atoms with van der Waals surface area (Å²) in [5, 5.41) is 1.69. The summed E-state index contributed by atoms with van der Waals surface area (Å²) in [6, 6.07) is 8.05. The van der Waals surface area contributed by atoms with Crippen LogP contribution in [0.3, 0.4) is 0 Å². The molecule has 0 aliphatic heterocycles. The molecule has 0 N–H and O–H groups in total. The van der Waals surface area contributed by atoms with Gasteiger partial charge in [-0.25, -0.2) is 0 Å². The maximum atomic E-state index is 12.8. The molecule has 0 fully saturated rings. The molecule has 0 aliphatic carbocycles. The first kappa shape index (κ1) is 16.1. The third-order valence-corrected chi connectivity index (χ3v) is 4.44. The van der Waals surface area contributed by atoms with Crippen LogP contribution in [0.2, 0.25) is 10.0 Å².